The fourth-order valence-electron chi connectivity index (χ4n) is 6.42. The minimum Gasteiger partial charge on any atom is -0.486 e. The van der Waals surface area contributed by atoms with Gasteiger partial charge in [-0.3, -0.25) is 0 Å². The number of pyridine rings is 3. The van der Waals surface area contributed by atoms with Crippen LogP contribution in [0.1, 0.15) is 83.3 Å². The van der Waals surface area contributed by atoms with Crippen LogP contribution in [-0.4, -0.2) is 23.0 Å². The molecule has 0 unspecified atom stereocenters. The van der Waals surface area contributed by atoms with E-state index in [2.05, 4.69) is 46.7 Å². The van der Waals surface area contributed by atoms with Crippen molar-refractivity contribution in [3.8, 4) is 22.5 Å². The van der Waals surface area contributed by atoms with Crippen LogP contribution in [0.3, 0.4) is 0 Å². The molecule has 4 nitrogen and oxygen atoms in total. The van der Waals surface area contributed by atoms with Crippen LogP contribution in [0.4, 0.5) is 0 Å². The molecule has 1 aliphatic carbocycles. The molecule has 7 rings (SSSR count). The zero-order valence-corrected chi connectivity index (χ0v) is 31.8. The third kappa shape index (κ3) is 8.05. The standard InChI is InChI=1S/C22H21N2O.C20H26NSi.Ir/c1-4-15(5-2)16-11-12-23-20(13-16)19-8-6-7-17-18-10-9-14(3)24-22(18)25-21(17)19;1-22(2,3)20-15-21-19(17-11-5-4-6-12-17)14-18(20)13-16-9-7-8-10-16;/h6-7,9-13,15H,4-5H2,1-3H3;4-6,11,14-16H,7-10,13H2,1-3H3;/q2*-1;/i3D3,15D;13D2;. The fraction of sp³-hybridized carbons (Fsp3) is 0.357. The number of furan rings is 1. The van der Waals surface area contributed by atoms with Gasteiger partial charge in [-0.1, -0.05) is 93.4 Å². The summed E-state index contributed by atoms with van der Waals surface area (Å²) in [4.78, 5) is 13.3. The Hall–Kier alpha value is -3.44. The van der Waals surface area contributed by atoms with Crippen LogP contribution in [0.2, 0.25) is 19.6 Å². The number of aryl methyl sites for hydroxylation is 1. The van der Waals surface area contributed by atoms with Crippen molar-refractivity contribution in [2.75, 3.05) is 0 Å². The molecular weight excluding hydrogens is 783 g/mol. The predicted octanol–water partition coefficient (Wildman–Crippen LogP) is 10.9. The normalized spacial score (nSPS) is 16.1. The van der Waals surface area contributed by atoms with Crippen LogP contribution in [0, 0.1) is 24.9 Å². The largest absolute Gasteiger partial charge is 0.486 e. The van der Waals surface area contributed by atoms with Crippen molar-refractivity contribution in [2.45, 2.75) is 91.1 Å². The molecule has 2 aromatic carbocycles. The summed E-state index contributed by atoms with van der Waals surface area (Å²) in [7, 11) is -1.68. The molecule has 1 radical (unpaired) electrons. The molecule has 0 N–H and O–H groups in total. The van der Waals surface area contributed by atoms with E-state index in [-0.39, 0.29) is 37.4 Å². The van der Waals surface area contributed by atoms with E-state index in [4.69, 9.17) is 12.6 Å². The van der Waals surface area contributed by atoms with Crippen molar-refractivity contribution >= 4 is 35.3 Å². The van der Waals surface area contributed by atoms with Crippen LogP contribution >= 0.6 is 0 Å². The average Bonchev–Trinajstić information content (AvgIpc) is 3.83. The molecule has 0 aliphatic heterocycles. The number of rotatable bonds is 8. The quantitative estimate of drug-likeness (QED) is 0.113. The van der Waals surface area contributed by atoms with Gasteiger partial charge in [-0.25, -0.2) is 4.98 Å². The van der Waals surface area contributed by atoms with Crippen LogP contribution in [-0.2, 0) is 26.5 Å². The zero-order valence-electron chi connectivity index (χ0n) is 34.4. The van der Waals surface area contributed by atoms with Crippen LogP contribution < -0.4 is 5.19 Å². The molecule has 0 spiro atoms. The van der Waals surface area contributed by atoms with Crippen molar-refractivity contribution in [1.82, 2.24) is 15.0 Å². The molecule has 0 bridgehead atoms. The number of nitrogens with zero attached hydrogens (tertiary/aromatic N) is 3. The first-order valence-corrected chi connectivity index (χ1v) is 20.3. The summed E-state index contributed by atoms with van der Waals surface area (Å²) < 4.78 is 55.2. The van der Waals surface area contributed by atoms with Crippen molar-refractivity contribution in [2.24, 2.45) is 5.92 Å². The van der Waals surface area contributed by atoms with Gasteiger partial charge in [-0.2, -0.15) is 0 Å². The molecule has 6 heteroatoms. The number of fused-ring (bicyclic) bond motifs is 3. The number of aromatic nitrogens is 3. The van der Waals surface area contributed by atoms with E-state index < -0.39 is 27.2 Å². The number of hydrogen-bond donors (Lipinski definition) is 0. The van der Waals surface area contributed by atoms with Gasteiger partial charge in [0.1, 0.15) is 0 Å². The summed E-state index contributed by atoms with van der Waals surface area (Å²) in [6.45, 7) is 8.54. The Balaban J connectivity index is 0.000000208. The predicted molar refractivity (Wildman–Crippen MR) is 199 cm³/mol. The van der Waals surface area contributed by atoms with Crippen molar-refractivity contribution in [3.05, 3.63) is 108 Å². The second-order valence-electron chi connectivity index (χ2n) is 13.3. The Labute approximate surface area is 309 Å². The third-order valence-corrected chi connectivity index (χ3v) is 11.0. The zero-order chi connectivity index (χ0) is 38.2. The molecule has 4 aromatic heterocycles. The minimum atomic E-state index is -2.30. The van der Waals surface area contributed by atoms with E-state index >= 15 is 0 Å². The Bertz CT molecular complexity index is 2210. The molecule has 0 saturated heterocycles. The van der Waals surface area contributed by atoms with E-state index in [1.54, 1.807) is 18.3 Å². The van der Waals surface area contributed by atoms with Crippen molar-refractivity contribution < 1.29 is 32.7 Å². The van der Waals surface area contributed by atoms with Gasteiger partial charge >= 0.3 is 0 Å². The topological polar surface area (TPSA) is 51.8 Å². The smallest absolute Gasteiger partial charge is 0.216 e. The maximum atomic E-state index is 8.90. The average molecular weight is 836 g/mol. The minimum absolute atomic E-state index is 0. The molecule has 1 saturated carbocycles. The first kappa shape index (κ1) is 28.4. The van der Waals surface area contributed by atoms with Crippen LogP contribution in [0.25, 0.3) is 44.6 Å². The molecular formula is C42H47IrN3OSi-2. The SMILES string of the molecule is [2H]C([2H])([2H])c1ccc2c(n1)oc1c(-c3cc(C([2H])(CC)CC)ccn3)[c-]ccc12.[2H]C([2H])(c1cc(-c2[c-]cccc2)ncc1[Si](C)(C)C)C1CCCC1.[Ir]. The Morgan fingerprint density at radius 1 is 0.958 bits per heavy atom. The van der Waals surface area contributed by atoms with E-state index in [9.17, 15) is 0 Å². The molecule has 251 valence electrons. The van der Waals surface area contributed by atoms with Crippen molar-refractivity contribution in [1.29, 1.82) is 0 Å². The third-order valence-electron chi connectivity index (χ3n) is 8.99. The molecule has 4 heterocycles. The summed E-state index contributed by atoms with van der Waals surface area (Å²) >= 11 is 0. The van der Waals surface area contributed by atoms with Gasteiger partial charge < -0.3 is 14.4 Å². The molecule has 1 fully saturated rings. The summed E-state index contributed by atoms with van der Waals surface area (Å²) in [6, 6.07) is 26.9. The molecule has 0 amide bonds. The molecule has 1 aliphatic rings. The van der Waals surface area contributed by atoms with E-state index in [0.717, 1.165) is 64.0 Å². The Morgan fingerprint density at radius 2 is 1.77 bits per heavy atom. The van der Waals surface area contributed by atoms with Gasteiger partial charge in [-0.15, -0.1) is 54.1 Å². The molecule has 48 heavy (non-hydrogen) atoms. The van der Waals surface area contributed by atoms with Crippen LogP contribution in [0.5, 0.6) is 0 Å². The second-order valence-corrected chi connectivity index (χ2v) is 18.3. The maximum Gasteiger partial charge on any atom is 0.216 e. The Kier molecular flexibility index (Phi) is 9.38. The number of benzene rings is 2. The maximum absolute atomic E-state index is 8.90. The van der Waals surface area contributed by atoms with E-state index in [0.29, 0.717) is 29.7 Å². The second kappa shape index (κ2) is 15.8. The molecule has 0 atom stereocenters. The Morgan fingerprint density at radius 3 is 2.48 bits per heavy atom. The number of hydrogen-bond acceptors (Lipinski definition) is 4. The summed E-state index contributed by atoms with van der Waals surface area (Å²) in [6.07, 6.45) is 8.05. The van der Waals surface area contributed by atoms with Gasteiger partial charge in [0.05, 0.1) is 13.7 Å². The fourth-order valence-corrected chi connectivity index (χ4v) is 7.82. The van der Waals surface area contributed by atoms with Gasteiger partial charge in [0.15, 0.2) is 0 Å². The van der Waals surface area contributed by atoms with Gasteiger partial charge in [-0.05, 0) is 72.7 Å². The van der Waals surface area contributed by atoms with Crippen molar-refractivity contribution in [3.63, 3.8) is 0 Å². The van der Waals surface area contributed by atoms with Gasteiger partial charge in [0.2, 0.25) is 5.71 Å². The first-order chi connectivity index (χ1) is 25.1. The van der Waals surface area contributed by atoms with Gasteiger partial charge in [0.25, 0.3) is 0 Å². The monoisotopic (exact) mass is 836 g/mol. The summed E-state index contributed by atoms with van der Waals surface area (Å²) in [5.74, 6) is -0.544. The first-order valence-electron chi connectivity index (χ1n) is 19.8. The van der Waals surface area contributed by atoms with E-state index in [1.165, 1.54) is 6.07 Å². The van der Waals surface area contributed by atoms with E-state index in [1.807, 2.05) is 68.6 Å². The van der Waals surface area contributed by atoms with Crippen LogP contribution in [0.15, 0.2) is 83.5 Å². The summed E-state index contributed by atoms with van der Waals surface area (Å²) in [5, 5.41) is 2.73. The molecule has 6 aromatic rings. The summed E-state index contributed by atoms with van der Waals surface area (Å²) in [5.41, 5.74) is 5.72. The van der Waals surface area contributed by atoms with Gasteiger partial charge in [0, 0.05) is 51.8 Å².